The van der Waals surface area contributed by atoms with Gasteiger partial charge < -0.3 is 21.1 Å². The molecule has 0 spiro atoms. The summed E-state index contributed by atoms with van der Waals surface area (Å²) in [5.41, 5.74) is 7.70. The van der Waals surface area contributed by atoms with Crippen LogP contribution < -0.4 is 21.1 Å². The minimum Gasteiger partial charge on any atom is -0.496 e. The van der Waals surface area contributed by atoms with Crippen molar-refractivity contribution in [1.29, 1.82) is 0 Å². The lowest BCUT2D eigenvalue weighted by Crippen LogP contribution is -2.25. The van der Waals surface area contributed by atoms with E-state index >= 15 is 0 Å². The Balaban J connectivity index is 1.57. The van der Waals surface area contributed by atoms with Crippen LogP contribution in [-0.2, 0) is 11.3 Å². The largest absolute Gasteiger partial charge is 0.496 e. The Hall–Kier alpha value is -3.02. The molecule has 0 heterocycles. The number of hydrogen-bond donors (Lipinski definition) is 3. The first-order valence-electron chi connectivity index (χ1n) is 8.14. The van der Waals surface area contributed by atoms with Crippen molar-refractivity contribution in [3.8, 4) is 5.75 Å². The molecular formula is C19H21N3O3. The second-order valence-corrected chi connectivity index (χ2v) is 6.10. The van der Waals surface area contributed by atoms with E-state index in [4.69, 9.17) is 10.5 Å². The fraction of sp³-hybridized carbons (Fsp3) is 0.263. The van der Waals surface area contributed by atoms with Crippen molar-refractivity contribution in [1.82, 2.24) is 5.32 Å². The lowest BCUT2D eigenvalue weighted by Gasteiger charge is -2.09. The summed E-state index contributed by atoms with van der Waals surface area (Å²) in [7, 11) is 1.64. The normalized spacial score (nSPS) is 18.3. The molecule has 2 aromatic rings. The number of para-hydroxylation sites is 1. The highest BCUT2D eigenvalue weighted by Crippen LogP contribution is 2.50. The van der Waals surface area contributed by atoms with Gasteiger partial charge >= 0.3 is 6.03 Å². The number of methoxy groups -OCH3 is 1. The molecule has 0 aliphatic heterocycles. The molecular weight excluding hydrogens is 318 g/mol. The van der Waals surface area contributed by atoms with Gasteiger partial charge in [-0.1, -0.05) is 30.3 Å². The lowest BCUT2D eigenvalue weighted by molar-refractivity contribution is -0.122. The predicted molar refractivity (Wildman–Crippen MR) is 95.3 cm³/mol. The van der Waals surface area contributed by atoms with Gasteiger partial charge in [-0.15, -0.1) is 0 Å². The number of nitrogens with two attached hydrogens (primary N) is 1. The number of urea groups is 1. The van der Waals surface area contributed by atoms with E-state index in [1.54, 1.807) is 19.2 Å². The summed E-state index contributed by atoms with van der Waals surface area (Å²) in [6.45, 7) is 0.405. The molecule has 1 saturated carbocycles. The average Bonchev–Trinajstić information content (AvgIpc) is 3.40. The molecule has 1 aliphatic carbocycles. The van der Waals surface area contributed by atoms with Gasteiger partial charge in [0, 0.05) is 18.2 Å². The number of hydrogen-bond acceptors (Lipinski definition) is 3. The topological polar surface area (TPSA) is 93.4 Å². The summed E-state index contributed by atoms with van der Waals surface area (Å²) < 4.78 is 5.37. The van der Waals surface area contributed by atoms with E-state index in [-0.39, 0.29) is 17.7 Å². The third kappa shape index (κ3) is 4.09. The standard InChI is InChI=1S/C19H21N3O3/c1-25-17-8-3-2-7-14(17)15-10-16(15)18(23)21-11-12-5-4-6-13(9-12)22-19(20)24/h2-9,15-16H,10-11H2,1H3,(H,21,23)(H3,20,22,24)/t15-,16-/m1/s1. The third-order valence-corrected chi connectivity index (χ3v) is 4.33. The van der Waals surface area contributed by atoms with Gasteiger partial charge in [0.2, 0.25) is 5.91 Å². The molecule has 1 fully saturated rings. The Kier molecular flexibility index (Phi) is 4.88. The fourth-order valence-corrected chi connectivity index (χ4v) is 3.02. The van der Waals surface area contributed by atoms with E-state index in [2.05, 4.69) is 10.6 Å². The minimum absolute atomic E-state index is 0.0248. The Bertz CT molecular complexity index is 791. The first kappa shape index (κ1) is 16.8. The van der Waals surface area contributed by atoms with Crippen molar-refractivity contribution in [3.05, 3.63) is 59.7 Å². The van der Waals surface area contributed by atoms with Crippen LogP contribution in [0.1, 0.15) is 23.5 Å². The van der Waals surface area contributed by atoms with Gasteiger partial charge in [-0.3, -0.25) is 4.79 Å². The molecule has 2 aromatic carbocycles. The van der Waals surface area contributed by atoms with E-state index in [0.29, 0.717) is 12.2 Å². The van der Waals surface area contributed by atoms with Crippen LogP contribution in [0.2, 0.25) is 0 Å². The SMILES string of the molecule is COc1ccccc1[C@H]1C[C@H]1C(=O)NCc1cccc(NC(N)=O)c1. The van der Waals surface area contributed by atoms with Crippen molar-refractivity contribution in [2.45, 2.75) is 18.9 Å². The van der Waals surface area contributed by atoms with E-state index in [1.807, 2.05) is 36.4 Å². The Labute approximate surface area is 146 Å². The summed E-state index contributed by atoms with van der Waals surface area (Å²) in [4.78, 5) is 23.3. The summed E-state index contributed by atoms with van der Waals surface area (Å²) in [6, 6.07) is 14.4. The Morgan fingerprint density at radius 1 is 1.20 bits per heavy atom. The Morgan fingerprint density at radius 3 is 2.76 bits per heavy atom. The van der Waals surface area contributed by atoms with Crippen LogP contribution in [0.15, 0.2) is 48.5 Å². The van der Waals surface area contributed by atoms with Crippen molar-refractivity contribution < 1.29 is 14.3 Å². The Morgan fingerprint density at radius 2 is 2.00 bits per heavy atom. The average molecular weight is 339 g/mol. The van der Waals surface area contributed by atoms with Crippen LogP contribution in [0.4, 0.5) is 10.5 Å². The number of anilines is 1. The number of carbonyl (C=O) groups excluding carboxylic acids is 2. The zero-order valence-electron chi connectivity index (χ0n) is 14.0. The van der Waals surface area contributed by atoms with Gasteiger partial charge in [0.1, 0.15) is 5.75 Å². The van der Waals surface area contributed by atoms with Gasteiger partial charge in [-0.25, -0.2) is 4.79 Å². The smallest absolute Gasteiger partial charge is 0.316 e. The molecule has 25 heavy (non-hydrogen) atoms. The van der Waals surface area contributed by atoms with Gasteiger partial charge in [-0.05, 0) is 41.7 Å². The highest BCUT2D eigenvalue weighted by molar-refractivity contribution is 5.88. The maximum Gasteiger partial charge on any atom is 0.316 e. The number of nitrogens with one attached hydrogen (secondary N) is 2. The van der Waals surface area contributed by atoms with Crippen LogP contribution in [0.3, 0.4) is 0 Å². The third-order valence-electron chi connectivity index (χ3n) is 4.33. The first-order chi connectivity index (χ1) is 12.1. The van der Waals surface area contributed by atoms with Gasteiger partial charge in [-0.2, -0.15) is 0 Å². The molecule has 4 N–H and O–H groups in total. The quantitative estimate of drug-likeness (QED) is 0.755. The summed E-state index contributed by atoms with van der Waals surface area (Å²) in [6.07, 6.45) is 0.829. The van der Waals surface area contributed by atoms with Crippen LogP contribution in [0, 0.1) is 5.92 Å². The van der Waals surface area contributed by atoms with Crippen molar-refractivity contribution in [3.63, 3.8) is 0 Å². The zero-order valence-corrected chi connectivity index (χ0v) is 14.0. The fourth-order valence-electron chi connectivity index (χ4n) is 3.02. The minimum atomic E-state index is -0.612. The van der Waals surface area contributed by atoms with E-state index < -0.39 is 6.03 Å². The summed E-state index contributed by atoms with van der Waals surface area (Å²) in [5, 5.41) is 5.48. The van der Waals surface area contributed by atoms with E-state index in [0.717, 1.165) is 23.3 Å². The molecule has 0 unspecified atom stereocenters. The van der Waals surface area contributed by atoms with Gasteiger partial charge in [0.25, 0.3) is 0 Å². The maximum absolute atomic E-state index is 12.4. The molecule has 0 saturated heterocycles. The van der Waals surface area contributed by atoms with Crippen LogP contribution in [-0.4, -0.2) is 19.0 Å². The number of rotatable bonds is 6. The van der Waals surface area contributed by atoms with E-state index in [9.17, 15) is 9.59 Å². The highest BCUT2D eigenvalue weighted by Gasteiger charge is 2.45. The number of benzene rings is 2. The maximum atomic E-state index is 12.4. The molecule has 6 heteroatoms. The molecule has 0 radical (unpaired) electrons. The number of primary amides is 1. The zero-order chi connectivity index (χ0) is 17.8. The van der Waals surface area contributed by atoms with Crippen molar-refractivity contribution in [2.75, 3.05) is 12.4 Å². The molecule has 2 atom stereocenters. The second kappa shape index (κ2) is 7.25. The molecule has 1 aliphatic rings. The monoisotopic (exact) mass is 339 g/mol. The molecule has 3 rings (SSSR count). The van der Waals surface area contributed by atoms with E-state index in [1.165, 1.54) is 0 Å². The summed E-state index contributed by atoms with van der Waals surface area (Å²) in [5.74, 6) is 1.04. The number of ether oxygens (including phenoxy) is 1. The van der Waals surface area contributed by atoms with Crippen molar-refractivity contribution in [2.24, 2.45) is 11.7 Å². The molecule has 0 aromatic heterocycles. The van der Waals surface area contributed by atoms with Crippen LogP contribution in [0.5, 0.6) is 5.75 Å². The second-order valence-electron chi connectivity index (χ2n) is 6.10. The first-order valence-corrected chi connectivity index (χ1v) is 8.14. The lowest BCUT2D eigenvalue weighted by atomic mass is 10.1. The predicted octanol–water partition coefficient (Wildman–Crippen LogP) is 2.61. The van der Waals surface area contributed by atoms with Gasteiger partial charge in [0.15, 0.2) is 0 Å². The number of amides is 3. The molecule has 0 bridgehead atoms. The molecule has 130 valence electrons. The van der Waals surface area contributed by atoms with Crippen LogP contribution in [0.25, 0.3) is 0 Å². The van der Waals surface area contributed by atoms with Crippen LogP contribution >= 0.6 is 0 Å². The highest BCUT2D eigenvalue weighted by atomic mass is 16.5. The van der Waals surface area contributed by atoms with Gasteiger partial charge in [0.05, 0.1) is 7.11 Å². The molecule has 3 amide bonds. The molecule has 6 nitrogen and oxygen atoms in total. The number of carbonyl (C=O) groups is 2. The van der Waals surface area contributed by atoms with Crippen molar-refractivity contribution >= 4 is 17.6 Å². The summed E-state index contributed by atoms with van der Waals surface area (Å²) >= 11 is 0.